The Morgan fingerprint density at radius 1 is 1.53 bits per heavy atom. The number of nitro groups is 1. The summed E-state index contributed by atoms with van der Waals surface area (Å²) in [5, 5.41) is 16.5. The Hall–Kier alpha value is -2.45. The molecule has 0 aliphatic heterocycles. The molecule has 0 unspecified atom stereocenters. The summed E-state index contributed by atoms with van der Waals surface area (Å²) in [6, 6.07) is 0. The highest BCUT2D eigenvalue weighted by Gasteiger charge is 2.16. The lowest BCUT2D eigenvalue weighted by atomic mass is 10.3. The number of hydrogen-bond donors (Lipinski definition) is 3. The van der Waals surface area contributed by atoms with Crippen LogP contribution in [0.1, 0.15) is 19.8 Å². The predicted molar refractivity (Wildman–Crippen MR) is 69.8 cm³/mol. The lowest BCUT2D eigenvalue weighted by molar-refractivity contribution is -0.384. The van der Waals surface area contributed by atoms with Gasteiger partial charge in [-0.3, -0.25) is 14.9 Å². The quantitative estimate of drug-likeness (QED) is 0.354. The molecule has 1 aromatic rings. The number of primary amides is 1. The minimum Gasteiger partial charge on any atom is -0.370 e. The molecule has 0 saturated heterocycles. The summed E-state index contributed by atoms with van der Waals surface area (Å²) in [5.41, 5.74) is 4.80. The Labute approximate surface area is 109 Å². The third-order valence-electron chi connectivity index (χ3n) is 2.19. The van der Waals surface area contributed by atoms with Gasteiger partial charge in [0, 0.05) is 19.5 Å². The molecule has 0 bridgehead atoms. The summed E-state index contributed by atoms with van der Waals surface area (Å²) in [6.07, 6.45) is 1.83. The SMILES string of the molecule is CCNc1ncc([N+](=O)[O-])c(NCCCC(N)=O)n1. The zero-order chi connectivity index (χ0) is 14.3. The number of hydrogen-bond acceptors (Lipinski definition) is 7. The largest absolute Gasteiger partial charge is 0.370 e. The first-order valence-corrected chi connectivity index (χ1v) is 5.82. The van der Waals surface area contributed by atoms with Crippen molar-refractivity contribution in [1.29, 1.82) is 0 Å². The summed E-state index contributed by atoms with van der Waals surface area (Å²) in [4.78, 5) is 28.7. The molecule has 1 aromatic heterocycles. The Balaban J connectivity index is 2.73. The zero-order valence-corrected chi connectivity index (χ0v) is 10.5. The average molecular weight is 268 g/mol. The van der Waals surface area contributed by atoms with E-state index in [1.807, 2.05) is 6.92 Å². The molecule has 1 amide bonds. The number of nitrogens with two attached hydrogens (primary N) is 1. The van der Waals surface area contributed by atoms with Crippen LogP contribution in [0, 0.1) is 10.1 Å². The van der Waals surface area contributed by atoms with Crippen molar-refractivity contribution < 1.29 is 9.72 Å². The number of amides is 1. The van der Waals surface area contributed by atoms with Crippen LogP contribution >= 0.6 is 0 Å². The Kier molecular flexibility index (Phi) is 5.45. The van der Waals surface area contributed by atoms with Crippen LogP contribution in [-0.2, 0) is 4.79 Å². The molecular weight excluding hydrogens is 252 g/mol. The summed E-state index contributed by atoms with van der Waals surface area (Å²) in [6.45, 7) is 2.84. The van der Waals surface area contributed by atoms with Crippen molar-refractivity contribution in [3.05, 3.63) is 16.3 Å². The van der Waals surface area contributed by atoms with Gasteiger partial charge in [-0.2, -0.15) is 4.98 Å². The smallest absolute Gasteiger partial charge is 0.329 e. The maximum Gasteiger partial charge on any atom is 0.329 e. The van der Waals surface area contributed by atoms with Crippen LogP contribution in [0.3, 0.4) is 0 Å². The zero-order valence-electron chi connectivity index (χ0n) is 10.5. The van der Waals surface area contributed by atoms with Gasteiger partial charge in [0.2, 0.25) is 17.7 Å². The summed E-state index contributed by atoms with van der Waals surface area (Å²) in [5.74, 6) is 0.0262. The first-order valence-electron chi connectivity index (χ1n) is 5.82. The van der Waals surface area contributed by atoms with Gasteiger partial charge in [-0.15, -0.1) is 0 Å². The van der Waals surface area contributed by atoms with Crippen LogP contribution in [0.25, 0.3) is 0 Å². The molecule has 9 heteroatoms. The minimum absolute atomic E-state index is 0.125. The Bertz CT molecular complexity index is 465. The fraction of sp³-hybridized carbons (Fsp3) is 0.500. The van der Waals surface area contributed by atoms with E-state index in [9.17, 15) is 14.9 Å². The van der Waals surface area contributed by atoms with Gasteiger partial charge in [-0.25, -0.2) is 4.98 Å². The standard InChI is InChI=1S/C10H16N6O3/c1-2-12-10-14-6-7(16(18)19)9(15-10)13-5-3-4-8(11)17/h6H,2-5H2,1H3,(H2,11,17)(H2,12,13,14,15). The molecule has 0 aliphatic rings. The van der Waals surface area contributed by atoms with Crippen molar-refractivity contribution in [1.82, 2.24) is 9.97 Å². The highest BCUT2D eigenvalue weighted by atomic mass is 16.6. The van der Waals surface area contributed by atoms with Gasteiger partial charge in [0.25, 0.3) is 0 Å². The van der Waals surface area contributed by atoms with Crippen LogP contribution in [-0.4, -0.2) is 33.9 Å². The molecule has 4 N–H and O–H groups in total. The van der Waals surface area contributed by atoms with Crippen molar-refractivity contribution in [3.63, 3.8) is 0 Å². The molecule has 19 heavy (non-hydrogen) atoms. The van der Waals surface area contributed by atoms with E-state index in [1.54, 1.807) is 0 Å². The van der Waals surface area contributed by atoms with Crippen LogP contribution < -0.4 is 16.4 Å². The van der Waals surface area contributed by atoms with E-state index in [-0.39, 0.29) is 17.9 Å². The van der Waals surface area contributed by atoms with Gasteiger partial charge in [0.1, 0.15) is 6.20 Å². The fourth-order valence-corrected chi connectivity index (χ4v) is 1.35. The van der Waals surface area contributed by atoms with Crippen molar-refractivity contribution in [3.8, 4) is 0 Å². The second-order valence-electron chi connectivity index (χ2n) is 3.71. The van der Waals surface area contributed by atoms with Gasteiger partial charge in [-0.1, -0.05) is 0 Å². The lowest BCUT2D eigenvalue weighted by Gasteiger charge is -2.07. The number of rotatable bonds is 8. The number of anilines is 2. The molecule has 0 saturated carbocycles. The van der Waals surface area contributed by atoms with E-state index in [0.717, 1.165) is 6.20 Å². The van der Waals surface area contributed by atoms with Crippen molar-refractivity contribution in [2.45, 2.75) is 19.8 Å². The Morgan fingerprint density at radius 2 is 2.26 bits per heavy atom. The monoisotopic (exact) mass is 268 g/mol. The molecular formula is C10H16N6O3. The first-order chi connectivity index (χ1) is 9.04. The molecule has 0 aliphatic carbocycles. The molecule has 9 nitrogen and oxygen atoms in total. The van der Waals surface area contributed by atoms with Crippen LogP contribution in [0.5, 0.6) is 0 Å². The molecule has 1 heterocycles. The van der Waals surface area contributed by atoms with Crippen molar-refractivity contribution >= 4 is 23.4 Å². The summed E-state index contributed by atoms with van der Waals surface area (Å²) in [7, 11) is 0. The molecule has 0 atom stereocenters. The molecule has 1 rings (SSSR count). The maximum absolute atomic E-state index is 10.8. The summed E-state index contributed by atoms with van der Waals surface area (Å²) < 4.78 is 0. The average Bonchev–Trinajstić information content (AvgIpc) is 2.34. The molecule has 0 spiro atoms. The number of carbonyl (C=O) groups is 1. The van der Waals surface area contributed by atoms with Gasteiger partial charge in [0.15, 0.2) is 0 Å². The van der Waals surface area contributed by atoms with Crippen molar-refractivity contribution in [2.75, 3.05) is 23.7 Å². The highest BCUT2D eigenvalue weighted by molar-refractivity contribution is 5.73. The van der Waals surface area contributed by atoms with Gasteiger partial charge >= 0.3 is 5.69 Å². The molecule has 104 valence electrons. The predicted octanol–water partition coefficient (Wildman–Crippen LogP) is 0.494. The highest BCUT2D eigenvalue weighted by Crippen LogP contribution is 2.21. The van der Waals surface area contributed by atoms with Crippen LogP contribution in [0.2, 0.25) is 0 Å². The van der Waals surface area contributed by atoms with Gasteiger partial charge in [0.05, 0.1) is 4.92 Å². The van der Waals surface area contributed by atoms with Gasteiger partial charge < -0.3 is 16.4 Å². The van der Waals surface area contributed by atoms with Gasteiger partial charge in [-0.05, 0) is 13.3 Å². The second kappa shape index (κ2) is 7.09. The van der Waals surface area contributed by atoms with E-state index in [1.165, 1.54) is 0 Å². The number of nitrogens with zero attached hydrogens (tertiary/aromatic N) is 3. The third-order valence-corrected chi connectivity index (χ3v) is 2.19. The van der Waals surface area contributed by atoms with E-state index in [0.29, 0.717) is 25.5 Å². The van der Waals surface area contributed by atoms with Crippen molar-refractivity contribution in [2.24, 2.45) is 5.73 Å². The minimum atomic E-state index is -0.563. The molecule has 0 aromatic carbocycles. The van der Waals surface area contributed by atoms with E-state index < -0.39 is 10.8 Å². The van der Waals surface area contributed by atoms with E-state index in [4.69, 9.17) is 5.73 Å². The topological polar surface area (TPSA) is 136 Å². The Morgan fingerprint density at radius 3 is 2.84 bits per heavy atom. The van der Waals surface area contributed by atoms with E-state index in [2.05, 4.69) is 20.6 Å². The number of nitrogens with one attached hydrogen (secondary N) is 2. The summed E-state index contributed by atoms with van der Waals surface area (Å²) >= 11 is 0. The molecule has 0 fully saturated rings. The third kappa shape index (κ3) is 4.74. The van der Waals surface area contributed by atoms with Crippen LogP contribution in [0.15, 0.2) is 6.20 Å². The normalized spacial score (nSPS) is 9.95. The van der Waals surface area contributed by atoms with E-state index >= 15 is 0 Å². The lowest BCUT2D eigenvalue weighted by Crippen LogP contribution is -2.14. The number of aromatic nitrogens is 2. The molecule has 0 radical (unpaired) electrons. The number of carbonyl (C=O) groups excluding carboxylic acids is 1. The first kappa shape index (κ1) is 14.6. The fourth-order valence-electron chi connectivity index (χ4n) is 1.35. The van der Waals surface area contributed by atoms with Crippen LogP contribution in [0.4, 0.5) is 17.5 Å². The second-order valence-corrected chi connectivity index (χ2v) is 3.71. The maximum atomic E-state index is 10.8.